The standard InChI is InChI=1S/C26H22F7NO3/c1-15-4-7-23(36-2)22(8-15)21-6-5-20(27)11-17(21)14-34(24(35)37-3)13-16-9-18(25(28,29)30)12-19(10-16)26(31,32)33/h4-12H,13-14H2,1-3H3. The van der Waals surface area contributed by atoms with E-state index in [1.165, 1.54) is 19.2 Å². The highest BCUT2D eigenvalue weighted by Gasteiger charge is 2.37. The minimum absolute atomic E-state index is 0.000667. The third kappa shape index (κ3) is 6.72. The number of rotatable bonds is 6. The highest BCUT2D eigenvalue weighted by molar-refractivity contribution is 5.75. The van der Waals surface area contributed by atoms with Crippen LogP contribution in [0, 0.1) is 12.7 Å². The van der Waals surface area contributed by atoms with Crippen molar-refractivity contribution in [3.63, 3.8) is 0 Å². The molecule has 0 aliphatic heterocycles. The molecule has 0 unspecified atom stereocenters. The lowest BCUT2D eigenvalue weighted by atomic mass is 9.96. The minimum Gasteiger partial charge on any atom is -0.496 e. The van der Waals surface area contributed by atoms with Gasteiger partial charge in [0.05, 0.1) is 31.9 Å². The molecule has 11 heteroatoms. The Balaban J connectivity index is 2.09. The zero-order chi connectivity index (χ0) is 27.5. The first-order valence-electron chi connectivity index (χ1n) is 10.8. The summed E-state index contributed by atoms with van der Waals surface area (Å²) in [5.74, 6) is -0.218. The van der Waals surface area contributed by atoms with Gasteiger partial charge >= 0.3 is 18.4 Å². The van der Waals surface area contributed by atoms with Crippen LogP contribution in [0.15, 0.2) is 54.6 Å². The maximum atomic E-state index is 14.2. The number of aryl methyl sites for hydroxylation is 1. The lowest BCUT2D eigenvalue weighted by Gasteiger charge is -2.24. The van der Waals surface area contributed by atoms with Crippen molar-refractivity contribution in [2.45, 2.75) is 32.4 Å². The number of alkyl halides is 6. The number of amides is 1. The number of hydrogen-bond acceptors (Lipinski definition) is 3. The summed E-state index contributed by atoms with van der Waals surface area (Å²) in [6.07, 6.45) is -11.1. The lowest BCUT2D eigenvalue weighted by Crippen LogP contribution is -2.30. The second kappa shape index (κ2) is 10.7. The van der Waals surface area contributed by atoms with Crippen molar-refractivity contribution in [3.8, 4) is 16.9 Å². The fourth-order valence-electron chi connectivity index (χ4n) is 3.84. The monoisotopic (exact) mass is 529 g/mol. The van der Waals surface area contributed by atoms with Gasteiger partial charge in [-0.15, -0.1) is 0 Å². The molecular weight excluding hydrogens is 507 g/mol. The Labute approximate surface area is 208 Å². The molecule has 0 fully saturated rings. The molecule has 4 nitrogen and oxygen atoms in total. The lowest BCUT2D eigenvalue weighted by molar-refractivity contribution is -0.143. The first-order chi connectivity index (χ1) is 17.2. The number of nitrogens with zero attached hydrogens (tertiary/aromatic N) is 1. The molecule has 0 aliphatic rings. The van der Waals surface area contributed by atoms with E-state index in [0.29, 0.717) is 29.0 Å². The molecular formula is C26H22F7NO3. The Morgan fingerprint density at radius 3 is 1.97 bits per heavy atom. The maximum Gasteiger partial charge on any atom is 0.416 e. The molecule has 3 aromatic rings. The molecule has 0 aliphatic carbocycles. The van der Waals surface area contributed by atoms with E-state index in [1.807, 2.05) is 6.92 Å². The van der Waals surface area contributed by atoms with Crippen molar-refractivity contribution in [1.29, 1.82) is 0 Å². The number of benzene rings is 3. The summed E-state index contributed by atoms with van der Waals surface area (Å²) in [7, 11) is 2.45. The highest BCUT2D eigenvalue weighted by Crippen LogP contribution is 2.37. The fourth-order valence-corrected chi connectivity index (χ4v) is 3.84. The number of carbonyl (C=O) groups excluding carboxylic acids is 1. The molecule has 0 saturated carbocycles. The molecule has 198 valence electrons. The van der Waals surface area contributed by atoms with Gasteiger partial charge in [0.1, 0.15) is 11.6 Å². The Kier molecular flexibility index (Phi) is 8.04. The average Bonchev–Trinajstić information content (AvgIpc) is 2.82. The predicted molar refractivity (Wildman–Crippen MR) is 121 cm³/mol. The van der Waals surface area contributed by atoms with Crippen LogP contribution < -0.4 is 4.74 Å². The topological polar surface area (TPSA) is 38.8 Å². The molecule has 0 atom stereocenters. The van der Waals surface area contributed by atoms with Crippen molar-refractivity contribution in [2.75, 3.05) is 14.2 Å². The summed E-state index contributed by atoms with van der Waals surface area (Å²) in [5, 5.41) is 0. The first-order valence-corrected chi connectivity index (χ1v) is 10.8. The molecule has 0 aromatic heterocycles. The van der Waals surface area contributed by atoms with Gasteiger partial charge in [0.2, 0.25) is 0 Å². The van der Waals surface area contributed by atoms with Gasteiger partial charge < -0.3 is 9.47 Å². The van der Waals surface area contributed by atoms with E-state index in [0.717, 1.165) is 23.6 Å². The van der Waals surface area contributed by atoms with Gasteiger partial charge in [-0.1, -0.05) is 17.7 Å². The fraction of sp³-hybridized carbons (Fsp3) is 0.269. The largest absolute Gasteiger partial charge is 0.496 e. The van der Waals surface area contributed by atoms with E-state index in [2.05, 4.69) is 0 Å². The quantitative estimate of drug-likeness (QED) is 0.309. The van der Waals surface area contributed by atoms with Gasteiger partial charge in [0.15, 0.2) is 0 Å². The second-order valence-corrected chi connectivity index (χ2v) is 8.25. The van der Waals surface area contributed by atoms with Gasteiger partial charge in [-0.05, 0) is 66.1 Å². The van der Waals surface area contributed by atoms with Crippen LogP contribution >= 0.6 is 0 Å². The molecule has 0 spiro atoms. The Morgan fingerprint density at radius 1 is 0.811 bits per heavy atom. The van der Waals surface area contributed by atoms with Crippen molar-refractivity contribution >= 4 is 6.09 Å². The Morgan fingerprint density at radius 2 is 1.43 bits per heavy atom. The van der Waals surface area contributed by atoms with Gasteiger partial charge in [0, 0.05) is 12.1 Å². The SMILES string of the molecule is COC(=O)N(Cc1cc(C(F)(F)F)cc(C(F)(F)F)c1)Cc1cc(F)ccc1-c1cc(C)ccc1OC. The summed E-state index contributed by atoms with van der Waals surface area (Å²) < 4.78 is 104. The smallest absolute Gasteiger partial charge is 0.416 e. The molecule has 0 N–H and O–H groups in total. The van der Waals surface area contributed by atoms with Crippen molar-refractivity contribution < 1.29 is 45.0 Å². The number of halogens is 7. The number of carbonyl (C=O) groups is 1. The maximum absolute atomic E-state index is 14.2. The van der Waals surface area contributed by atoms with Crippen LogP contribution in [0.5, 0.6) is 5.75 Å². The van der Waals surface area contributed by atoms with Crippen LogP contribution in [-0.2, 0) is 30.2 Å². The average molecular weight is 529 g/mol. The Hall–Kier alpha value is -3.76. The van der Waals surface area contributed by atoms with Crippen molar-refractivity contribution in [2.24, 2.45) is 0 Å². The molecule has 1 amide bonds. The van der Waals surface area contributed by atoms with E-state index in [4.69, 9.17) is 9.47 Å². The van der Waals surface area contributed by atoms with Crippen LogP contribution in [0.2, 0.25) is 0 Å². The Bertz CT molecular complexity index is 1250. The van der Waals surface area contributed by atoms with Crippen LogP contribution in [0.25, 0.3) is 11.1 Å². The van der Waals surface area contributed by atoms with Crippen LogP contribution in [0.1, 0.15) is 27.8 Å². The molecule has 0 radical (unpaired) electrons. The van der Waals surface area contributed by atoms with E-state index < -0.39 is 47.5 Å². The minimum atomic E-state index is -5.05. The van der Waals surface area contributed by atoms with E-state index >= 15 is 0 Å². The zero-order valence-electron chi connectivity index (χ0n) is 19.9. The predicted octanol–water partition coefficient (Wildman–Crippen LogP) is 7.62. The van der Waals surface area contributed by atoms with Crippen LogP contribution in [-0.4, -0.2) is 25.2 Å². The summed E-state index contributed by atoms with van der Waals surface area (Å²) in [6.45, 7) is 0.772. The van der Waals surface area contributed by atoms with E-state index in [9.17, 15) is 35.5 Å². The van der Waals surface area contributed by atoms with Gasteiger partial charge in [0.25, 0.3) is 0 Å². The second-order valence-electron chi connectivity index (χ2n) is 8.25. The van der Waals surface area contributed by atoms with Gasteiger partial charge in [-0.25, -0.2) is 9.18 Å². The summed E-state index contributed by atoms with van der Waals surface area (Å²) >= 11 is 0. The third-order valence-corrected chi connectivity index (χ3v) is 5.53. The summed E-state index contributed by atoms with van der Waals surface area (Å²) in [4.78, 5) is 13.4. The third-order valence-electron chi connectivity index (χ3n) is 5.53. The number of methoxy groups -OCH3 is 2. The molecule has 3 aromatic carbocycles. The highest BCUT2D eigenvalue weighted by atomic mass is 19.4. The van der Waals surface area contributed by atoms with E-state index in [-0.39, 0.29) is 18.2 Å². The van der Waals surface area contributed by atoms with Gasteiger partial charge in [-0.2, -0.15) is 26.3 Å². The zero-order valence-corrected chi connectivity index (χ0v) is 19.9. The first kappa shape index (κ1) is 27.8. The molecule has 0 bridgehead atoms. The number of ether oxygens (including phenoxy) is 2. The van der Waals surface area contributed by atoms with E-state index in [1.54, 1.807) is 18.2 Å². The van der Waals surface area contributed by atoms with Crippen LogP contribution in [0.3, 0.4) is 0 Å². The molecule has 37 heavy (non-hydrogen) atoms. The molecule has 0 heterocycles. The molecule has 3 rings (SSSR count). The van der Waals surface area contributed by atoms with Crippen LogP contribution in [0.4, 0.5) is 35.5 Å². The van der Waals surface area contributed by atoms with Crippen molar-refractivity contribution in [1.82, 2.24) is 4.90 Å². The number of hydrogen-bond donors (Lipinski definition) is 0. The van der Waals surface area contributed by atoms with Gasteiger partial charge in [-0.3, -0.25) is 4.90 Å². The summed E-state index contributed by atoms with van der Waals surface area (Å²) in [5.41, 5.74) is -1.37. The summed E-state index contributed by atoms with van der Waals surface area (Å²) in [6, 6.07) is 10.1. The van der Waals surface area contributed by atoms with Crippen molar-refractivity contribution in [3.05, 3.63) is 88.2 Å². The normalized spacial score (nSPS) is 11.8. The molecule has 0 saturated heterocycles.